The molecule has 2 rings (SSSR count). The number of H-pyrrole nitrogens is 1. The summed E-state index contributed by atoms with van der Waals surface area (Å²) in [4.78, 5) is 17.2. The number of pyridine rings is 2. The molecule has 0 spiro atoms. The molecule has 0 aromatic carbocycles. The van der Waals surface area contributed by atoms with Crippen molar-refractivity contribution < 1.29 is 14.6 Å². The minimum atomic E-state index is -0.426. The van der Waals surface area contributed by atoms with Gasteiger partial charge in [0.1, 0.15) is 0 Å². The number of hydrogen-bond donors (Lipinski definition) is 2. The van der Waals surface area contributed by atoms with Crippen molar-refractivity contribution >= 4 is 0 Å². The van der Waals surface area contributed by atoms with Crippen LogP contribution in [0.1, 0.15) is 31.4 Å². The van der Waals surface area contributed by atoms with Crippen LogP contribution in [-0.2, 0) is 6.42 Å². The number of nitrogens with zero attached hydrogens (tertiary/aromatic N) is 1. The molecule has 2 N–H and O–H groups in total. The molecule has 0 aliphatic rings. The highest BCUT2D eigenvalue weighted by molar-refractivity contribution is 5.42. The van der Waals surface area contributed by atoms with Crippen LogP contribution in [0.25, 0.3) is 0 Å². The van der Waals surface area contributed by atoms with E-state index in [1.54, 1.807) is 39.6 Å². The van der Waals surface area contributed by atoms with E-state index in [9.17, 15) is 4.79 Å². The summed E-state index contributed by atoms with van der Waals surface area (Å²) in [7, 11) is 3.12. The van der Waals surface area contributed by atoms with Crippen LogP contribution in [-0.4, -0.2) is 29.3 Å². The molecule has 0 aliphatic heterocycles. The van der Waals surface area contributed by atoms with Crippen molar-refractivity contribution in [1.29, 1.82) is 0 Å². The van der Waals surface area contributed by atoms with Crippen molar-refractivity contribution in [3.8, 4) is 29.2 Å². The summed E-state index contributed by atoms with van der Waals surface area (Å²) in [5.74, 6) is 6.55. The monoisotopic (exact) mass is 330 g/mol. The molecular formula is C18H22N2O4. The molecular weight excluding hydrogens is 308 g/mol. The van der Waals surface area contributed by atoms with Gasteiger partial charge in [-0.05, 0) is 25.0 Å². The predicted molar refractivity (Wildman–Crippen MR) is 92.6 cm³/mol. The number of aryl methyl sites for hydroxylation is 1. The molecule has 0 fully saturated rings. The molecule has 0 unspecified atom stereocenters. The molecule has 6 heteroatoms. The van der Waals surface area contributed by atoms with Crippen LogP contribution in [0.4, 0.5) is 0 Å². The number of ether oxygens (including phenoxy) is 2. The van der Waals surface area contributed by atoms with E-state index >= 15 is 0 Å². The zero-order valence-electron chi connectivity index (χ0n) is 14.3. The number of hydrogen-bond acceptors (Lipinski definition) is 5. The average Bonchev–Trinajstić information content (AvgIpc) is 2.59. The number of aromatic nitrogens is 2. The SMILES string of the molecule is CC#Cc1cnc(OC)c(OC)c1.CCCc1c[nH]c(=O)c(O)c1. The van der Waals surface area contributed by atoms with Gasteiger partial charge >= 0.3 is 0 Å². The Hall–Kier alpha value is -2.94. The van der Waals surface area contributed by atoms with Crippen molar-refractivity contribution in [2.24, 2.45) is 0 Å². The van der Waals surface area contributed by atoms with Gasteiger partial charge in [0.25, 0.3) is 11.4 Å². The van der Waals surface area contributed by atoms with Crippen molar-refractivity contribution in [2.75, 3.05) is 14.2 Å². The summed E-state index contributed by atoms with van der Waals surface area (Å²) in [6, 6.07) is 3.30. The largest absolute Gasteiger partial charge is 0.503 e. The van der Waals surface area contributed by atoms with Gasteiger partial charge in [0.15, 0.2) is 11.5 Å². The summed E-state index contributed by atoms with van der Waals surface area (Å²) >= 11 is 0. The van der Waals surface area contributed by atoms with Crippen molar-refractivity contribution in [3.05, 3.63) is 46.0 Å². The molecule has 2 aromatic heterocycles. The van der Waals surface area contributed by atoms with Crippen LogP contribution in [0, 0.1) is 11.8 Å². The lowest BCUT2D eigenvalue weighted by molar-refractivity contribution is 0.343. The van der Waals surface area contributed by atoms with Gasteiger partial charge in [-0.3, -0.25) is 4.79 Å². The predicted octanol–water partition coefficient (Wildman–Crippen LogP) is 2.50. The van der Waals surface area contributed by atoms with Gasteiger partial charge in [-0.2, -0.15) is 0 Å². The maximum atomic E-state index is 10.7. The van der Waals surface area contributed by atoms with Crippen LogP contribution >= 0.6 is 0 Å². The summed E-state index contributed by atoms with van der Waals surface area (Å²) in [6.45, 7) is 3.82. The lowest BCUT2D eigenvalue weighted by atomic mass is 10.2. The fourth-order valence-corrected chi connectivity index (χ4v) is 1.89. The van der Waals surface area contributed by atoms with E-state index in [0.29, 0.717) is 11.6 Å². The third kappa shape index (κ3) is 5.69. The Morgan fingerprint density at radius 2 is 2.04 bits per heavy atom. The van der Waals surface area contributed by atoms with E-state index in [-0.39, 0.29) is 5.75 Å². The molecule has 24 heavy (non-hydrogen) atoms. The van der Waals surface area contributed by atoms with Crippen LogP contribution < -0.4 is 15.0 Å². The van der Waals surface area contributed by atoms with Crippen molar-refractivity contribution in [3.63, 3.8) is 0 Å². The van der Waals surface area contributed by atoms with E-state index in [4.69, 9.17) is 14.6 Å². The number of rotatable bonds is 4. The highest BCUT2D eigenvalue weighted by Gasteiger charge is 2.04. The fourth-order valence-electron chi connectivity index (χ4n) is 1.89. The first-order chi connectivity index (χ1) is 11.5. The summed E-state index contributed by atoms with van der Waals surface area (Å²) < 4.78 is 10.1. The zero-order valence-corrected chi connectivity index (χ0v) is 14.3. The molecule has 0 amide bonds. The number of methoxy groups -OCH3 is 2. The van der Waals surface area contributed by atoms with Crippen LogP contribution in [0.3, 0.4) is 0 Å². The lowest BCUT2D eigenvalue weighted by Crippen LogP contribution is -2.04. The van der Waals surface area contributed by atoms with E-state index in [1.165, 1.54) is 6.07 Å². The number of aromatic amines is 1. The summed E-state index contributed by atoms with van der Waals surface area (Å²) in [5, 5.41) is 8.98. The third-order valence-electron chi connectivity index (χ3n) is 2.98. The van der Waals surface area contributed by atoms with Gasteiger partial charge in [-0.15, -0.1) is 5.92 Å². The Morgan fingerprint density at radius 1 is 1.29 bits per heavy atom. The highest BCUT2D eigenvalue weighted by Crippen LogP contribution is 2.23. The van der Waals surface area contributed by atoms with Gasteiger partial charge in [0, 0.05) is 24.0 Å². The molecule has 0 bridgehead atoms. The molecule has 0 saturated carbocycles. The smallest absolute Gasteiger partial charge is 0.290 e. The summed E-state index contributed by atoms with van der Waals surface area (Å²) in [6.07, 6.45) is 5.17. The third-order valence-corrected chi connectivity index (χ3v) is 2.98. The fraction of sp³-hybridized carbons (Fsp3) is 0.333. The minimum absolute atomic E-state index is 0.198. The van der Waals surface area contributed by atoms with Gasteiger partial charge < -0.3 is 19.6 Å². The summed E-state index contributed by atoms with van der Waals surface area (Å²) in [5.41, 5.74) is 1.36. The van der Waals surface area contributed by atoms with Crippen molar-refractivity contribution in [2.45, 2.75) is 26.7 Å². The highest BCUT2D eigenvalue weighted by atomic mass is 16.5. The lowest BCUT2D eigenvalue weighted by Gasteiger charge is -2.05. The van der Waals surface area contributed by atoms with E-state index in [2.05, 4.69) is 21.8 Å². The van der Waals surface area contributed by atoms with Crippen LogP contribution in [0.15, 0.2) is 29.3 Å². The molecule has 0 radical (unpaired) electrons. The maximum absolute atomic E-state index is 10.7. The quantitative estimate of drug-likeness (QED) is 0.842. The average molecular weight is 330 g/mol. The molecule has 0 saturated heterocycles. The van der Waals surface area contributed by atoms with E-state index in [0.717, 1.165) is 24.0 Å². The first kappa shape index (κ1) is 19.1. The zero-order chi connectivity index (χ0) is 17.9. The second-order valence-corrected chi connectivity index (χ2v) is 4.78. The number of aromatic hydroxyl groups is 1. The molecule has 0 aliphatic carbocycles. The first-order valence-corrected chi connectivity index (χ1v) is 7.47. The Bertz CT molecular complexity index is 773. The van der Waals surface area contributed by atoms with Gasteiger partial charge in [-0.1, -0.05) is 19.3 Å². The Labute approximate surface area is 141 Å². The van der Waals surface area contributed by atoms with E-state index in [1.807, 2.05) is 6.92 Å². The normalized spacial score (nSPS) is 9.17. The number of nitrogens with one attached hydrogen (secondary N) is 1. The first-order valence-electron chi connectivity index (χ1n) is 7.47. The standard InChI is InChI=1S/C10H11NO2.C8H11NO2/c1-4-5-8-6-9(12-2)10(13-3)11-7-8;1-2-3-6-4-7(10)8(11)9-5-6/h6-7H,1-3H3;4-5,10H,2-3H2,1H3,(H,9,11). The Balaban J connectivity index is 0.000000243. The van der Waals surface area contributed by atoms with Gasteiger partial charge in [0.05, 0.1) is 14.2 Å². The second-order valence-electron chi connectivity index (χ2n) is 4.78. The van der Waals surface area contributed by atoms with Crippen molar-refractivity contribution in [1.82, 2.24) is 9.97 Å². The maximum Gasteiger partial charge on any atom is 0.290 e. The molecule has 0 atom stereocenters. The van der Waals surface area contributed by atoms with Crippen LogP contribution in [0.5, 0.6) is 17.4 Å². The molecule has 6 nitrogen and oxygen atoms in total. The van der Waals surface area contributed by atoms with Crippen LogP contribution in [0.2, 0.25) is 0 Å². The van der Waals surface area contributed by atoms with Gasteiger partial charge in [-0.25, -0.2) is 4.98 Å². The molecule has 128 valence electrons. The Morgan fingerprint density at radius 3 is 2.58 bits per heavy atom. The minimum Gasteiger partial charge on any atom is -0.503 e. The van der Waals surface area contributed by atoms with Gasteiger partial charge in [0.2, 0.25) is 0 Å². The topological polar surface area (TPSA) is 84.4 Å². The van der Waals surface area contributed by atoms with E-state index < -0.39 is 5.56 Å². The Kier molecular flexibility index (Phi) is 7.92. The molecule has 2 heterocycles. The molecule has 2 aromatic rings. The second kappa shape index (κ2) is 9.95.